The van der Waals surface area contributed by atoms with Crippen molar-refractivity contribution in [2.75, 3.05) is 55.5 Å². The molecule has 0 spiro atoms. The Morgan fingerprint density at radius 1 is 1.09 bits per heavy atom. The van der Waals surface area contributed by atoms with Gasteiger partial charge in [-0.25, -0.2) is 4.98 Å². The van der Waals surface area contributed by atoms with Gasteiger partial charge >= 0.3 is 0 Å². The van der Waals surface area contributed by atoms with E-state index in [-0.39, 0.29) is 17.5 Å². The number of methoxy groups -OCH3 is 2. The van der Waals surface area contributed by atoms with Crippen molar-refractivity contribution in [2.45, 2.75) is 6.54 Å². The Morgan fingerprint density at radius 2 is 1.86 bits per heavy atom. The number of fused-ring (bicyclic) bond motifs is 1. The van der Waals surface area contributed by atoms with Gasteiger partial charge in [0.2, 0.25) is 0 Å². The maximum Gasteiger partial charge on any atom is 0.274 e. The van der Waals surface area contributed by atoms with E-state index in [2.05, 4.69) is 25.5 Å². The molecule has 1 saturated heterocycles. The second-order valence-corrected chi connectivity index (χ2v) is 8.22. The Kier molecular flexibility index (Phi) is 6.19. The number of carbonyl (C=O) groups is 2. The molecule has 0 unspecified atom stereocenters. The average molecular weight is 475 g/mol. The van der Waals surface area contributed by atoms with Crippen LogP contribution < -0.4 is 29.9 Å². The molecule has 10 nitrogen and oxygen atoms in total. The van der Waals surface area contributed by atoms with Crippen LogP contribution in [0.4, 0.5) is 17.2 Å². The summed E-state index contributed by atoms with van der Waals surface area (Å²) in [6, 6.07) is 10.4. The lowest BCUT2D eigenvalue weighted by atomic mass is 10.1. The van der Waals surface area contributed by atoms with Crippen LogP contribution in [0.5, 0.6) is 11.5 Å². The number of nitrogens with one attached hydrogen (secondary N) is 2. The number of pyridine rings is 2. The van der Waals surface area contributed by atoms with Crippen LogP contribution in [0.2, 0.25) is 0 Å². The van der Waals surface area contributed by atoms with Crippen molar-refractivity contribution in [1.29, 1.82) is 0 Å². The third-order valence-corrected chi connectivity index (χ3v) is 6.16. The summed E-state index contributed by atoms with van der Waals surface area (Å²) in [6.07, 6.45) is 3.35. The highest BCUT2D eigenvalue weighted by Crippen LogP contribution is 2.36. The van der Waals surface area contributed by atoms with Gasteiger partial charge in [-0.05, 0) is 35.9 Å². The highest BCUT2D eigenvalue weighted by Gasteiger charge is 2.31. The molecule has 0 radical (unpaired) electrons. The van der Waals surface area contributed by atoms with Crippen LogP contribution in [0.1, 0.15) is 26.4 Å². The van der Waals surface area contributed by atoms with Crippen molar-refractivity contribution in [3.8, 4) is 11.5 Å². The number of hydrogen-bond donors (Lipinski definition) is 2. The summed E-state index contributed by atoms with van der Waals surface area (Å²) in [5.74, 6) is 0.853. The Balaban J connectivity index is 1.37. The fraction of sp³-hybridized carbons (Fsp3) is 0.280. The number of piperazine rings is 1. The highest BCUT2D eigenvalue weighted by atomic mass is 16.5. The van der Waals surface area contributed by atoms with Crippen LogP contribution in [-0.2, 0) is 6.54 Å². The number of amides is 2. The van der Waals surface area contributed by atoms with Gasteiger partial charge in [0.05, 0.1) is 38.3 Å². The lowest BCUT2D eigenvalue weighted by molar-refractivity contribution is 0.0990. The molecule has 35 heavy (non-hydrogen) atoms. The monoisotopic (exact) mass is 474 g/mol. The SMILES string of the molecule is COc1cc2c(cc1OC)C(=O)N(c1cccc(C(=O)Nc3cnccc3N3CCNCC3)n1)C2. The summed E-state index contributed by atoms with van der Waals surface area (Å²) < 4.78 is 10.7. The number of anilines is 3. The molecule has 1 fully saturated rings. The van der Waals surface area contributed by atoms with Gasteiger partial charge in [0.15, 0.2) is 11.5 Å². The zero-order valence-electron chi connectivity index (χ0n) is 19.6. The Bertz CT molecular complexity index is 1270. The zero-order chi connectivity index (χ0) is 24.4. The van der Waals surface area contributed by atoms with E-state index in [0.29, 0.717) is 35.1 Å². The topological polar surface area (TPSA) is 109 Å². The predicted molar refractivity (Wildman–Crippen MR) is 132 cm³/mol. The molecule has 0 saturated carbocycles. The number of ether oxygens (including phenoxy) is 2. The largest absolute Gasteiger partial charge is 0.493 e. The molecule has 2 aliphatic rings. The first-order valence-electron chi connectivity index (χ1n) is 11.3. The van der Waals surface area contributed by atoms with Crippen LogP contribution in [0.3, 0.4) is 0 Å². The molecular formula is C25H26N6O4. The fourth-order valence-electron chi connectivity index (χ4n) is 4.37. The minimum atomic E-state index is -0.372. The van der Waals surface area contributed by atoms with Crippen LogP contribution >= 0.6 is 0 Å². The normalized spacial score (nSPS) is 15.1. The molecule has 180 valence electrons. The molecule has 2 aromatic heterocycles. The second kappa shape index (κ2) is 9.59. The summed E-state index contributed by atoms with van der Waals surface area (Å²) in [6.45, 7) is 3.76. The molecule has 0 atom stereocenters. The third kappa shape index (κ3) is 4.35. The number of benzene rings is 1. The second-order valence-electron chi connectivity index (χ2n) is 8.22. The van der Waals surface area contributed by atoms with Gasteiger partial charge in [0, 0.05) is 37.9 Å². The van der Waals surface area contributed by atoms with Crippen molar-refractivity contribution in [2.24, 2.45) is 0 Å². The fourth-order valence-corrected chi connectivity index (χ4v) is 4.37. The maximum atomic E-state index is 13.1. The van der Waals surface area contributed by atoms with Crippen LogP contribution in [0.15, 0.2) is 48.8 Å². The number of rotatable bonds is 6. The van der Waals surface area contributed by atoms with Gasteiger partial charge in [-0.1, -0.05) is 6.07 Å². The van der Waals surface area contributed by atoms with E-state index in [0.717, 1.165) is 37.4 Å². The number of nitrogens with zero attached hydrogens (tertiary/aromatic N) is 4. The smallest absolute Gasteiger partial charge is 0.274 e. The Morgan fingerprint density at radius 3 is 2.63 bits per heavy atom. The summed E-state index contributed by atoms with van der Waals surface area (Å²) in [5.41, 5.74) is 3.07. The lowest BCUT2D eigenvalue weighted by Gasteiger charge is -2.30. The third-order valence-electron chi connectivity index (χ3n) is 6.16. The van der Waals surface area contributed by atoms with Gasteiger partial charge in [-0.3, -0.25) is 19.5 Å². The van der Waals surface area contributed by atoms with E-state index in [9.17, 15) is 9.59 Å². The Hall–Kier alpha value is -4.18. The molecule has 4 heterocycles. The summed E-state index contributed by atoms with van der Waals surface area (Å²) in [4.78, 5) is 38.7. The molecule has 5 rings (SSSR count). The first kappa shape index (κ1) is 22.6. The van der Waals surface area contributed by atoms with Crippen molar-refractivity contribution in [3.05, 3.63) is 65.6 Å². The van der Waals surface area contributed by atoms with Crippen LogP contribution in [0.25, 0.3) is 0 Å². The highest BCUT2D eigenvalue weighted by molar-refractivity contribution is 6.10. The van der Waals surface area contributed by atoms with Crippen molar-refractivity contribution >= 4 is 29.0 Å². The molecule has 2 amide bonds. The van der Waals surface area contributed by atoms with Gasteiger partial charge < -0.3 is 25.0 Å². The number of hydrogen-bond acceptors (Lipinski definition) is 8. The number of aromatic nitrogens is 2. The quantitative estimate of drug-likeness (QED) is 0.560. The molecule has 10 heteroatoms. The van der Waals surface area contributed by atoms with E-state index >= 15 is 0 Å². The molecule has 2 aliphatic heterocycles. The first-order valence-corrected chi connectivity index (χ1v) is 11.3. The van der Waals surface area contributed by atoms with Crippen LogP contribution in [-0.4, -0.2) is 62.2 Å². The lowest BCUT2D eigenvalue weighted by Crippen LogP contribution is -2.43. The summed E-state index contributed by atoms with van der Waals surface area (Å²) in [5, 5.41) is 6.26. The molecule has 0 aliphatic carbocycles. The van der Waals surface area contributed by atoms with Crippen molar-refractivity contribution in [1.82, 2.24) is 15.3 Å². The van der Waals surface area contributed by atoms with E-state index in [1.165, 1.54) is 12.0 Å². The van der Waals surface area contributed by atoms with Crippen molar-refractivity contribution < 1.29 is 19.1 Å². The maximum absolute atomic E-state index is 13.1. The van der Waals surface area contributed by atoms with E-state index in [1.54, 1.807) is 49.8 Å². The van der Waals surface area contributed by atoms with Gasteiger partial charge in [-0.2, -0.15) is 0 Å². The standard InChI is InChI=1S/C25H26N6O4/c1-34-21-12-16-15-31(25(33)17(16)13-22(21)35-2)23-5-3-4-18(28-23)24(32)29-19-14-27-7-6-20(19)30-10-8-26-9-11-30/h3-7,12-14,26H,8-11,15H2,1-2H3,(H,29,32). The van der Waals surface area contributed by atoms with Gasteiger partial charge in [0.25, 0.3) is 11.8 Å². The van der Waals surface area contributed by atoms with E-state index in [4.69, 9.17) is 9.47 Å². The minimum Gasteiger partial charge on any atom is -0.493 e. The Labute approximate surface area is 202 Å². The predicted octanol–water partition coefficient (Wildman–Crippen LogP) is 2.32. The summed E-state index contributed by atoms with van der Waals surface area (Å²) >= 11 is 0. The molecule has 2 N–H and O–H groups in total. The molecule has 0 bridgehead atoms. The zero-order valence-corrected chi connectivity index (χ0v) is 19.6. The molecular weight excluding hydrogens is 448 g/mol. The first-order chi connectivity index (χ1) is 17.1. The summed E-state index contributed by atoms with van der Waals surface area (Å²) in [7, 11) is 3.08. The molecule has 1 aromatic carbocycles. The van der Waals surface area contributed by atoms with Gasteiger partial charge in [-0.15, -0.1) is 0 Å². The number of carbonyl (C=O) groups excluding carboxylic acids is 2. The van der Waals surface area contributed by atoms with E-state index < -0.39 is 0 Å². The van der Waals surface area contributed by atoms with Gasteiger partial charge in [0.1, 0.15) is 11.5 Å². The van der Waals surface area contributed by atoms with E-state index in [1.807, 2.05) is 6.07 Å². The van der Waals surface area contributed by atoms with Crippen LogP contribution in [0, 0.1) is 0 Å². The minimum absolute atomic E-state index is 0.205. The average Bonchev–Trinajstić information content (AvgIpc) is 3.23. The molecule has 3 aromatic rings. The van der Waals surface area contributed by atoms with Crippen molar-refractivity contribution in [3.63, 3.8) is 0 Å².